The Kier molecular flexibility index (Phi) is 4.26. The van der Waals surface area contributed by atoms with Crippen molar-refractivity contribution in [2.24, 2.45) is 7.05 Å². The van der Waals surface area contributed by atoms with E-state index in [0.29, 0.717) is 17.0 Å². The lowest BCUT2D eigenvalue weighted by Gasteiger charge is -2.06. The van der Waals surface area contributed by atoms with Crippen LogP contribution in [-0.2, 0) is 11.8 Å². The second-order valence-electron chi connectivity index (χ2n) is 6.16. The number of nitrogens with zero attached hydrogens (tertiary/aromatic N) is 4. The first-order valence-electron chi connectivity index (χ1n) is 7.95. The number of aromatic nitrogens is 5. The van der Waals surface area contributed by atoms with Gasteiger partial charge >= 0.3 is 0 Å². The van der Waals surface area contributed by atoms with Crippen molar-refractivity contribution in [3.05, 3.63) is 46.0 Å². The summed E-state index contributed by atoms with van der Waals surface area (Å²) < 4.78 is 3.34. The molecule has 0 fully saturated rings. The monoisotopic (exact) mass is 340 g/mol. The first-order chi connectivity index (χ1) is 11.8. The molecule has 0 aliphatic heterocycles. The van der Waals surface area contributed by atoms with Crippen molar-refractivity contribution < 1.29 is 4.79 Å². The predicted octanol–water partition coefficient (Wildman–Crippen LogP) is 2.00. The van der Waals surface area contributed by atoms with E-state index in [0.717, 1.165) is 11.1 Å². The molecule has 0 saturated heterocycles. The molecule has 0 unspecified atom stereocenters. The number of aromatic amines is 1. The zero-order valence-electron chi connectivity index (χ0n) is 14.6. The second-order valence-corrected chi connectivity index (χ2v) is 6.16. The van der Waals surface area contributed by atoms with Gasteiger partial charge in [-0.1, -0.05) is 0 Å². The number of carbonyl (C=O) groups excluding carboxylic acids is 1. The van der Waals surface area contributed by atoms with E-state index in [-0.39, 0.29) is 17.5 Å². The average molecular weight is 340 g/mol. The van der Waals surface area contributed by atoms with Crippen LogP contribution in [0.1, 0.15) is 31.1 Å². The van der Waals surface area contributed by atoms with Crippen molar-refractivity contribution in [3.8, 4) is 0 Å². The van der Waals surface area contributed by atoms with Crippen molar-refractivity contribution in [2.75, 3.05) is 5.32 Å². The van der Waals surface area contributed by atoms with E-state index < -0.39 is 0 Å². The molecule has 1 amide bonds. The van der Waals surface area contributed by atoms with Gasteiger partial charge in [-0.2, -0.15) is 10.2 Å². The van der Waals surface area contributed by atoms with Gasteiger partial charge in [0.25, 0.3) is 5.56 Å². The summed E-state index contributed by atoms with van der Waals surface area (Å²) in [5.41, 5.74) is 1.61. The molecule has 0 aromatic carbocycles. The normalized spacial score (nSPS) is 11.7. The summed E-state index contributed by atoms with van der Waals surface area (Å²) in [4.78, 5) is 27.1. The van der Waals surface area contributed by atoms with E-state index >= 15 is 0 Å². The molecule has 3 aromatic heterocycles. The van der Waals surface area contributed by atoms with Crippen molar-refractivity contribution in [2.45, 2.75) is 26.8 Å². The zero-order chi connectivity index (χ0) is 18.1. The summed E-state index contributed by atoms with van der Waals surface area (Å²) in [5.74, 6) is 0.259. The first-order valence-corrected chi connectivity index (χ1v) is 7.95. The fourth-order valence-electron chi connectivity index (χ4n) is 2.60. The molecule has 0 spiro atoms. The lowest BCUT2D eigenvalue weighted by atomic mass is 10.2. The van der Waals surface area contributed by atoms with Gasteiger partial charge in [0.1, 0.15) is 11.5 Å². The highest BCUT2D eigenvalue weighted by molar-refractivity contribution is 6.01. The maximum Gasteiger partial charge on any atom is 0.256 e. The molecular weight excluding hydrogens is 320 g/mol. The van der Waals surface area contributed by atoms with Crippen LogP contribution in [0.2, 0.25) is 0 Å². The minimum absolute atomic E-state index is 0.141. The Bertz CT molecular complexity index is 1020. The van der Waals surface area contributed by atoms with Gasteiger partial charge in [-0.15, -0.1) is 0 Å². The molecule has 3 aromatic rings. The van der Waals surface area contributed by atoms with Gasteiger partial charge < -0.3 is 10.3 Å². The number of nitrogens with one attached hydrogen (secondary N) is 2. The maximum atomic E-state index is 12.2. The molecule has 0 atom stereocenters. The molecule has 2 N–H and O–H groups in total. The Morgan fingerprint density at radius 2 is 2.12 bits per heavy atom. The summed E-state index contributed by atoms with van der Waals surface area (Å²) >= 11 is 0. The average Bonchev–Trinajstić information content (AvgIpc) is 3.07. The highest BCUT2D eigenvalue weighted by Gasteiger charge is 2.09. The molecule has 130 valence electrons. The number of fused-ring (bicyclic) bond motifs is 1. The third-order valence-electron chi connectivity index (χ3n) is 3.79. The van der Waals surface area contributed by atoms with Crippen LogP contribution in [0.15, 0.2) is 29.2 Å². The van der Waals surface area contributed by atoms with Gasteiger partial charge in [0.05, 0.1) is 11.9 Å². The Balaban J connectivity index is 1.83. The minimum atomic E-state index is -0.333. The quantitative estimate of drug-likeness (QED) is 0.710. The van der Waals surface area contributed by atoms with Crippen molar-refractivity contribution in [1.82, 2.24) is 24.5 Å². The highest BCUT2D eigenvalue weighted by Crippen LogP contribution is 2.15. The van der Waals surface area contributed by atoms with Crippen molar-refractivity contribution >= 4 is 28.8 Å². The van der Waals surface area contributed by atoms with E-state index in [4.69, 9.17) is 0 Å². The minimum Gasteiger partial charge on any atom is -0.307 e. The van der Waals surface area contributed by atoms with Crippen LogP contribution in [0, 0.1) is 6.92 Å². The number of pyridine rings is 1. The number of H-pyrrole nitrogens is 1. The topological polar surface area (TPSA) is 97.6 Å². The van der Waals surface area contributed by atoms with Gasteiger partial charge in [-0.25, -0.2) is 4.68 Å². The number of amides is 1. The van der Waals surface area contributed by atoms with Crippen molar-refractivity contribution in [3.63, 3.8) is 0 Å². The van der Waals surface area contributed by atoms with E-state index in [1.54, 1.807) is 34.7 Å². The molecule has 0 saturated carbocycles. The van der Waals surface area contributed by atoms with E-state index in [2.05, 4.69) is 20.5 Å². The zero-order valence-corrected chi connectivity index (χ0v) is 14.6. The molecule has 25 heavy (non-hydrogen) atoms. The SMILES string of the molecule is Cc1cc(NC(=O)/C=C/c2cc3cnn(C(C)C)c3[nH]c2=O)n(C)n1. The fourth-order valence-corrected chi connectivity index (χ4v) is 2.60. The number of hydrogen-bond acceptors (Lipinski definition) is 4. The summed E-state index contributed by atoms with van der Waals surface area (Å²) in [6.07, 6.45) is 4.51. The maximum absolute atomic E-state index is 12.2. The number of hydrogen-bond donors (Lipinski definition) is 2. The standard InChI is InChI=1S/C17H20N6O2/c1-10(2)23-16-13(9-18-23)8-12(17(25)20-16)5-6-15(24)19-14-7-11(3)21-22(14)4/h5-10H,1-4H3,(H,19,24)(H,20,25)/b6-5+. The smallest absolute Gasteiger partial charge is 0.256 e. The molecular formula is C17H20N6O2. The fraction of sp³-hybridized carbons (Fsp3) is 0.294. The summed E-state index contributed by atoms with van der Waals surface area (Å²) in [6, 6.07) is 3.63. The first kappa shape index (κ1) is 16.7. The highest BCUT2D eigenvalue weighted by atomic mass is 16.1. The van der Waals surface area contributed by atoms with Gasteiger partial charge in [0, 0.05) is 36.2 Å². The van der Waals surface area contributed by atoms with Gasteiger partial charge in [-0.05, 0) is 32.9 Å². The molecule has 0 aliphatic carbocycles. The molecule has 3 heterocycles. The van der Waals surface area contributed by atoms with Crippen LogP contribution in [-0.4, -0.2) is 30.5 Å². The third-order valence-corrected chi connectivity index (χ3v) is 3.79. The lowest BCUT2D eigenvalue weighted by molar-refractivity contribution is -0.111. The third kappa shape index (κ3) is 3.37. The van der Waals surface area contributed by atoms with Gasteiger partial charge in [0.2, 0.25) is 5.91 Å². The Hall–Kier alpha value is -3.16. The Labute approximate surface area is 144 Å². The van der Waals surface area contributed by atoms with Crippen LogP contribution < -0.4 is 10.9 Å². The van der Waals surface area contributed by atoms with Crippen molar-refractivity contribution in [1.29, 1.82) is 0 Å². The number of anilines is 1. The van der Waals surface area contributed by atoms with E-state index in [9.17, 15) is 9.59 Å². The van der Waals surface area contributed by atoms with Crippen LogP contribution in [0.5, 0.6) is 0 Å². The summed E-state index contributed by atoms with van der Waals surface area (Å²) in [5, 5.41) is 12.0. The van der Waals surface area contributed by atoms with Crippen LogP contribution >= 0.6 is 0 Å². The van der Waals surface area contributed by atoms with Crippen LogP contribution in [0.25, 0.3) is 17.1 Å². The molecule has 8 nitrogen and oxygen atoms in total. The molecule has 3 rings (SSSR count). The summed E-state index contributed by atoms with van der Waals surface area (Å²) in [6.45, 7) is 5.82. The number of carbonyl (C=O) groups is 1. The molecule has 0 aliphatic rings. The van der Waals surface area contributed by atoms with E-state index in [1.165, 1.54) is 12.2 Å². The van der Waals surface area contributed by atoms with Gasteiger partial charge in [0.15, 0.2) is 0 Å². The Morgan fingerprint density at radius 3 is 2.76 bits per heavy atom. The van der Waals surface area contributed by atoms with E-state index in [1.807, 2.05) is 20.8 Å². The van der Waals surface area contributed by atoms with Crippen LogP contribution in [0.4, 0.5) is 5.82 Å². The second kappa shape index (κ2) is 6.39. The largest absolute Gasteiger partial charge is 0.307 e. The Morgan fingerprint density at radius 1 is 1.36 bits per heavy atom. The van der Waals surface area contributed by atoms with Gasteiger partial charge in [-0.3, -0.25) is 14.3 Å². The molecule has 0 bridgehead atoms. The predicted molar refractivity (Wildman–Crippen MR) is 96.3 cm³/mol. The number of aryl methyl sites for hydroxylation is 2. The number of rotatable bonds is 4. The summed E-state index contributed by atoms with van der Waals surface area (Å²) in [7, 11) is 1.75. The lowest BCUT2D eigenvalue weighted by Crippen LogP contribution is -2.14. The molecule has 0 radical (unpaired) electrons. The molecule has 8 heteroatoms. The van der Waals surface area contributed by atoms with Crippen LogP contribution in [0.3, 0.4) is 0 Å².